The number of ether oxygens (including phenoxy) is 1. The van der Waals surface area contributed by atoms with Crippen molar-refractivity contribution < 1.29 is 13.9 Å². The lowest BCUT2D eigenvalue weighted by Crippen LogP contribution is -2.15. The molecule has 0 bridgehead atoms. The third kappa shape index (κ3) is 5.40. The quantitative estimate of drug-likeness (QED) is 0.218. The normalized spacial score (nSPS) is 11.9. The molecule has 4 aromatic rings. The molecule has 1 atom stereocenters. The van der Waals surface area contributed by atoms with Crippen molar-refractivity contribution in [3.8, 4) is 5.75 Å². The van der Waals surface area contributed by atoms with Gasteiger partial charge in [-0.15, -0.1) is 16.8 Å². The van der Waals surface area contributed by atoms with E-state index in [2.05, 4.69) is 22.1 Å². The summed E-state index contributed by atoms with van der Waals surface area (Å²) in [6.45, 7) is 6.02. The fourth-order valence-electron chi connectivity index (χ4n) is 3.47. The second kappa shape index (κ2) is 10.7. The number of halogens is 2. The average Bonchev–Trinajstić information content (AvgIpc) is 3.23. The second-order valence-corrected chi connectivity index (χ2v) is 8.79. The van der Waals surface area contributed by atoms with Gasteiger partial charge in [-0.25, -0.2) is 4.39 Å². The van der Waals surface area contributed by atoms with Crippen LogP contribution in [-0.2, 0) is 11.3 Å². The molecule has 34 heavy (non-hydrogen) atoms. The van der Waals surface area contributed by atoms with Gasteiger partial charge in [0.1, 0.15) is 11.6 Å². The lowest BCUT2D eigenvalue weighted by Gasteiger charge is -2.16. The fourth-order valence-corrected chi connectivity index (χ4v) is 4.44. The van der Waals surface area contributed by atoms with Gasteiger partial charge >= 0.3 is 0 Å². The predicted molar refractivity (Wildman–Crippen MR) is 134 cm³/mol. The molecule has 1 amide bonds. The highest BCUT2D eigenvalue weighted by Crippen LogP contribution is 2.30. The van der Waals surface area contributed by atoms with E-state index in [9.17, 15) is 9.18 Å². The third-order valence-electron chi connectivity index (χ3n) is 5.01. The largest absolute Gasteiger partial charge is 0.481 e. The van der Waals surface area contributed by atoms with Crippen LogP contribution in [0.3, 0.4) is 0 Å². The van der Waals surface area contributed by atoms with Gasteiger partial charge in [0.2, 0.25) is 5.91 Å². The van der Waals surface area contributed by atoms with Crippen LogP contribution in [0.4, 0.5) is 10.1 Å². The van der Waals surface area contributed by atoms with Crippen LogP contribution in [0.15, 0.2) is 78.5 Å². The number of hydrogen-bond donors (Lipinski definition) is 1. The number of thioether (sulfide) groups is 1. The lowest BCUT2D eigenvalue weighted by molar-refractivity contribution is -0.113. The molecule has 3 aromatic carbocycles. The zero-order valence-electron chi connectivity index (χ0n) is 18.4. The summed E-state index contributed by atoms with van der Waals surface area (Å²) in [5.74, 6) is 0.431. The van der Waals surface area contributed by atoms with Crippen molar-refractivity contribution in [2.75, 3.05) is 11.1 Å². The Bertz CT molecular complexity index is 1340. The molecule has 0 spiro atoms. The minimum absolute atomic E-state index is 0.150. The molecule has 0 aliphatic heterocycles. The first-order chi connectivity index (χ1) is 16.5. The highest BCUT2D eigenvalue weighted by atomic mass is 35.5. The van der Waals surface area contributed by atoms with Crippen LogP contribution in [0, 0.1) is 5.82 Å². The van der Waals surface area contributed by atoms with Crippen LogP contribution in [0.5, 0.6) is 5.75 Å². The fraction of sp³-hybridized carbons (Fsp3) is 0.160. The van der Waals surface area contributed by atoms with Gasteiger partial charge in [0, 0.05) is 17.6 Å². The van der Waals surface area contributed by atoms with Crippen LogP contribution in [0.1, 0.15) is 18.9 Å². The Morgan fingerprint density at radius 1 is 1.24 bits per heavy atom. The van der Waals surface area contributed by atoms with Crippen molar-refractivity contribution in [3.63, 3.8) is 0 Å². The summed E-state index contributed by atoms with van der Waals surface area (Å²) in [6, 6.07) is 17.6. The number of allylic oxidation sites excluding steroid dienone is 1. The first kappa shape index (κ1) is 23.8. The van der Waals surface area contributed by atoms with Gasteiger partial charge in [-0.3, -0.25) is 9.36 Å². The van der Waals surface area contributed by atoms with Crippen molar-refractivity contribution >= 4 is 45.7 Å². The molecule has 4 rings (SSSR count). The number of fused-ring (bicyclic) bond motifs is 1. The molecule has 0 saturated carbocycles. The van der Waals surface area contributed by atoms with E-state index in [1.165, 1.54) is 30.0 Å². The first-order valence-electron chi connectivity index (χ1n) is 10.5. The molecule has 0 aliphatic rings. The number of rotatable bonds is 9. The zero-order chi connectivity index (χ0) is 24.1. The van der Waals surface area contributed by atoms with Crippen LogP contribution in [-0.4, -0.2) is 26.4 Å². The van der Waals surface area contributed by atoms with Crippen LogP contribution < -0.4 is 10.1 Å². The Labute approximate surface area is 205 Å². The van der Waals surface area contributed by atoms with E-state index < -0.39 is 11.9 Å². The summed E-state index contributed by atoms with van der Waals surface area (Å²) in [5, 5.41) is 14.2. The Hall–Kier alpha value is -3.36. The van der Waals surface area contributed by atoms with Gasteiger partial charge in [-0.2, -0.15) is 0 Å². The molecule has 6 nitrogen and oxygen atoms in total. The van der Waals surface area contributed by atoms with E-state index >= 15 is 0 Å². The molecule has 1 unspecified atom stereocenters. The van der Waals surface area contributed by atoms with Crippen LogP contribution >= 0.6 is 23.4 Å². The van der Waals surface area contributed by atoms with E-state index in [1.54, 1.807) is 13.0 Å². The number of carbonyl (C=O) groups excluding carboxylic acids is 1. The van der Waals surface area contributed by atoms with E-state index in [-0.39, 0.29) is 16.7 Å². The minimum atomic E-state index is -0.519. The summed E-state index contributed by atoms with van der Waals surface area (Å²) < 4.78 is 21.0. The zero-order valence-corrected chi connectivity index (χ0v) is 19.9. The molecular weight excluding hydrogens is 475 g/mol. The Morgan fingerprint density at radius 2 is 2.03 bits per heavy atom. The van der Waals surface area contributed by atoms with E-state index in [0.29, 0.717) is 23.3 Å². The van der Waals surface area contributed by atoms with Crippen LogP contribution in [0.2, 0.25) is 5.02 Å². The van der Waals surface area contributed by atoms with Crippen molar-refractivity contribution in [1.29, 1.82) is 0 Å². The van der Waals surface area contributed by atoms with Crippen molar-refractivity contribution in [3.05, 3.63) is 90.0 Å². The Balaban J connectivity index is 1.45. The van der Waals surface area contributed by atoms with Gasteiger partial charge in [-0.05, 0) is 36.6 Å². The van der Waals surface area contributed by atoms with E-state index in [0.717, 1.165) is 16.5 Å². The maximum absolute atomic E-state index is 13.3. The summed E-state index contributed by atoms with van der Waals surface area (Å²) in [5.41, 5.74) is 0.759. The standard InChI is InChI=1S/C25H22ClFN4O2S/c1-3-13-31-24(16(2)33-22-12-11-18(27)14-20(22)26)29-30-25(31)34-15-23(32)28-21-10-6-8-17-7-4-5-9-19(17)21/h3-12,14,16H,1,13,15H2,2H3,(H,28,32). The van der Waals surface area contributed by atoms with Crippen molar-refractivity contribution in [1.82, 2.24) is 14.8 Å². The maximum atomic E-state index is 13.3. The molecule has 0 aliphatic carbocycles. The molecule has 1 N–H and O–H groups in total. The number of anilines is 1. The molecule has 0 fully saturated rings. The average molecular weight is 497 g/mol. The smallest absolute Gasteiger partial charge is 0.234 e. The summed E-state index contributed by atoms with van der Waals surface area (Å²) >= 11 is 7.35. The summed E-state index contributed by atoms with van der Waals surface area (Å²) in [4.78, 5) is 12.7. The number of benzene rings is 3. The molecule has 9 heteroatoms. The third-order valence-corrected chi connectivity index (χ3v) is 6.28. The number of amides is 1. The van der Waals surface area contributed by atoms with Gasteiger partial charge in [0.25, 0.3) is 0 Å². The van der Waals surface area contributed by atoms with Crippen LogP contribution in [0.25, 0.3) is 10.8 Å². The van der Waals surface area contributed by atoms with Crippen molar-refractivity contribution in [2.45, 2.75) is 24.7 Å². The molecule has 1 aromatic heterocycles. The molecule has 0 radical (unpaired) electrons. The summed E-state index contributed by atoms with van der Waals surface area (Å²) in [7, 11) is 0. The Kier molecular flexibility index (Phi) is 7.49. The SMILES string of the molecule is C=CCn1c(SCC(=O)Nc2cccc3ccccc23)nnc1C(C)Oc1ccc(F)cc1Cl. The highest BCUT2D eigenvalue weighted by molar-refractivity contribution is 7.99. The topological polar surface area (TPSA) is 69.0 Å². The van der Waals surface area contributed by atoms with Gasteiger partial charge in [-0.1, -0.05) is 65.8 Å². The predicted octanol–water partition coefficient (Wildman–Crippen LogP) is 6.28. The lowest BCUT2D eigenvalue weighted by atomic mass is 10.1. The molecular formula is C25H22ClFN4O2S. The highest BCUT2D eigenvalue weighted by Gasteiger charge is 2.21. The van der Waals surface area contributed by atoms with Gasteiger partial charge in [0.05, 0.1) is 10.8 Å². The monoisotopic (exact) mass is 496 g/mol. The van der Waals surface area contributed by atoms with Gasteiger partial charge in [0.15, 0.2) is 17.1 Å². The Morgan fingerprint density at radius 3 is 2.82 bits per heavy atom. The number of hydrogen-bond acceptors (Lipinski definition) is 5. The molecule has 1 heterocycles. The molecule has 174 valence electrons. The maximum Gasteiger partial charge on any atom is 0.234 e. The van der Waals surface area contributed by atoms with Gasteiger partial charge < -0.3 is 10.1 Å². The number of carbonyl (C=O) groups is 1. The minimum Gasteiger partial charge on any atom is -0.481 e. The summed E-state index contributed by atoms with van der Waals surface area (Å²) in [6.07, 6.45) is 1.19. The number of aromatic nitrogens is 3. The van der Waals surface area contributed by atoms with Crippen molar-refractivity contribution in [2.24, 2.45) is 0 Å². The second-order valence-electron chi connectivity index (χ2n) is 7.44. The molecule has 0 saturated heterocycles. The number of nitrogens with one attached hydrogen (secondary N) is 1. The number of nitrogens with zero attached hydrogens (tertiary/aromatic N) is 3. The first-order valence-corrected chi connectivity index (χ1v) is 11.9. The van der Waals surface area contributed by atoms with E-state index in [1.807, 2.05) is 47.0 Å². The van der Waals surface area contributed by atoms with E-state index in [4.69, 9.17) is 16.3 Å².